The van der Waals surface area contributed by atoms with E-state index in [1.807, 2.05) is 26.0 Å². The summed E-state index contributed by atoms with van der Waals surface area (Å²) >= 11 is 0. The molecule has 2 N–H and O–H groups in total. The zero-order chi connectivity index (χ0) is 13.8. The largest absolute Gasteiger partial charge is 0.325 e. The van der Waals surface area contributed by atoms with Gasteiger partial charge >= 0.3 is 0 Å². The SMILES string of the molecule is CCCc1ccc(N(C)C(=O)CC(C)(C)N)cc1. The third kappa shape index (κ3) is 4.49. The van der Waals surface area contributed by atoms with Crippen LogP contribution in [0.2, 0.25) is 0 Å². The third-order valence-corrected chi connectivity index (χ3v) is 2.84. The van der Waals surface area contributed by atoms with Crippen LogP contribution in [0.15, 0.2) is 24.3 Å². The highest BCUT2D eigenvalue weighted by molar-refractivity contribution is 5.93. The Hall–Kier alpha value is -1.35. The first kappa shape index (κ1) is 14.7. The number of aryl methyl sites for hydroxylation is 1. The summed E-state index contributed by atoms with van der Waals surface area (Å²) in [5.74, 6) is 0.0470. The molecule has 0 aromatic heterocycles. The minimum atomic E-state index is -0.465. The topological polar surface area (TPSA) is 46.3 Å². The Morgan fingerprint density at radius 2 is 1.83 bits per heavy atom. The Kier molecular flexibility index (Phi) is 4.91. The van der Waals surface area contributed by atoms with E-state index < -0.39 is 5.54 Å². The standard InChI is InChI=1S/C15H24N2O/c1-5-6-12-7-9-13(10-8-12)17(4)14(18)11-15(2,3)16/h7-10H,5-6,11,16H2,1-4H3. The maximum Gasteiger partial charge on any atom is 0.228 e. The highest BCUT2D eigenvalue weighted by atomic mass is 16.2. The van der Waals surface area contributed by atoms with Crippen molar-refractivity contribution in [3.8, 4) is 0 Å². The van der Waals surface area contributed by atoms with E-state index in [0.29, 0.717) is 6.42 Å². The number of hydrogen-bond acceptors (Lipinski definition) is 2. The van der Waals surface area contributed by atoms with Gasteiger partial charge in [0.25, 0.3) is 0 Å². The second-order valence-corrected chi connectivity index (χ2v) is 5.53. The summed E-state index contributed by atoms with van der Waals surface area (Å²) in [4.78, 5) is 13.7. The molecule has 0 heterocycles. The number of carbonyl (C=O) groups excluding carboxylic acids is 1. The summed E-state index contributed by atoms with van der Waals surface area (Å²) in [5.41, 5.74) is 7.63. The number of amides is 1. The predicted molar refractivity (Wildman–Crippen MR) is 76.7 cm³/mol. The molecule has 3 nitrogen and oxygen atoms in total. The van der Waals surface area contributed by atoms with E-state index in [-0.39, 0.29) is 5.91 Å². The minimum absolute atomic E-state index is 0.0470. The van der Waals surface area contributed by atoms with Crippen molar-refractivity contribution in [2.45, 2.75) is 45.6 Å². The molecule has 0 atom stereocenters. The van der Waals surface area contributed by atoms with Gasteiger partial charge in [-0.3, -0.25) is 4.79 Å². The maximum atomic E-state index is 12.0. The molecule has 0 unspecified atom stereocenters. The van der Waals surface area contributed by atoms with E-state index in [0.717, 1.165) is 18.5 Å². The first-order chi connectivity index (χ1) is 8.33. The molecule has 0 saturated carbocycles. The fourth-order valence-electron chi connectivity index (χ4n) is 1.83. The van der Waals surface area contributed by atoms with E-state index in [1.54, 1.807) is 11.9 Å². The van der Waals surface area contributed by atoms with E-state index in [4.69, 9.17) is 5.73 Å². The monoisotopic (exact) mass is 248 g/mol. The minimum Gasteiger partial charge on any atom is -0.325 e. The highest BCUT2D eigenvalue weighted by Crippen LogP contribution is 2.17. The van der Waals surface area contributed by atoms with Crippen LogP contribution in [0.1, 0.15) is 39.2 Å². The quantitative estimate of drug-likeness (QED) is 0.871. The summed E-state index contributed by atoms with van der Waals surface area (Å²) in [6.07, 6.45) is 2.56. The summed E-state index contributed by atoms with van der Waals surface area (Å²) < 4.78 is 0. The Bertz CT molecular complexity index is 390. The fraction of sp³-hybridized carbons (Fsp3) is 0.533. The number of benzene rings is 1. The molecule has 0 fully saturated rings. The number of carbonyl (C=O) groups is 1. The Morgan fingerprint density at radius 1 is 1.28 bits per heavy atom. The van der Waals surface area contributed by atoms with Crippen LogP contribution in [0.4, 0.5) is 5.69 Å². The molecule has 1 aromatic rings. The lowest BCUT2D eigenvalue weighted by atomic mass is 10.0. The Balaban J connectivity index is 2.71. The molecular weight excluding hydrogens is 224 g/mol. The molecule has 0 spiro atoms. The molecule has 0 aliphatic rings. The van der Waals surface area contributed by atoms with E-state index in [1.165, 1.54) is 5.56 Å². The molecule has 0 radical (unpaired) electrons. The number of nitrogens with zero attached hydrogens (tertiary/aromatic N) is 1. The van der Waals surface area contributed by atoms with Crippen molar-refractivity contribution in [1.29, 1.82) is 0 Å². The number of rotatable bonds is 5. The van der Waals surface area contributed by atoms with Crippen LogP contribution in [0, 0.1) is 0 Å². The highest BCUT2D eigenvalue weighted by Gasteiger charge is 2.20. The van der Waals surface area contributed by atoms with Gasteiger partial charge in [-0.05, 0) is 38.0 Å². The van der Waals surface area contributed by atoms with Crippen LogP contribution >= 0.6 is 0 Å². The molecule has 0 bridgehead atoms. The molecule has 3 heteroatoms. The van der Waals surface area contributed by atoms with Crippen molar-refractivity contribution in [1.82, 2.24) is 0 Å². The molecule has 1 amide bonds. The number of nitrogens with two attached hydrogens (primary N) is 1. The molecule has 0 aliphatic carbocycles. The predicted octanol–water partition coefficient (Wildman–Crippen LogP) is 2.73. The van der Waals surface area contributed by atoms with Crippen LogP contribution in [-0.4, -0.2) is 18.5 Å². The van der Waals surface area contributed by atoms with Crippen molar-refractivity contribution >= 4 is 11.6 Å². The van der Waals surface area contributed by atoms with E-state index in [9.17, 15) is 4.79 Å². The number of anilines is 1. The van der Waals surface area contributed by atoms with Crippen LogP contribution in [0.5, 0.6) is 0 Å². The van der Waals surface area contributed by atoms with Gasteiger partial charge < -0.3 is 10.6 Å². The second kappa shape index (κ2) is 6.01. The van der Waals surface area contributed by atoms with Crippen molar-refractivity contribution < 1.29 is 4.79 Å². The lowest BCUT2D eigenvalue weighted by molar-refractivity contribution is -0.119. The van der Waals surface area contributed by atoms with Gasteiger partial charge in [0.15, 0.2) is 0 Å². The van der Waals surface area contributed by atoms with Gasteiger partial charge in [0.1, 0.15) is 0 Å². The second-order valence-electron chi connectivity index (χ2n) is 5.53. The van der Waals surface area contributed by atoms with Crippen LogP contribution in [0.3, 0.4) is 0 Å². The van der Waals surface area contributed by atoms with Crippen molar-refractivity contribution in [3.05, 3.63) is 29.8 Å². The van der Waals surface area contributed by atoms with Gasteiger partial charge in [0, 0.05) is 24.7 Å². The Labute approximate surface area is 110 Å². The third-order valence-electron chi connectivity index (χ3n) is 2.84. The average Bonchev–Trinajstić information content (AvgIpc) is 2.27. The van der Waals surface area contributed by atoms with E-state index >= 15 is 0 Å². The van der Waals surface area contributed by atoms with Crippen molar-refractivity contribution in [2.75, 3.05) is 11.9 Å². The maximum absolute atomic E-state index is 12.0. The zero-order valence-electron chi connectivity index (χ0n) is 11.9. The Morgan fingerprint density at radius 3 is 2.28 bits per heavy atom. The lowest BCUT2D eigenvalue weighted by Crippen LogP contribution is -2.39. The lowest BCUT2D eigenvalue weighted by Gasteiger charge is -2.23. The summed E-state index contributed by atoms with van der Waals surface area (Å²) in [6, 6.07) is 8.14. The van der Waals surface area contributed by atoms with Gasteiger partial charge in [-0.25, -0.2) is 0 Å². The van der Waals surface area contributed by atoms with Crippen LogP contribution in [-0.2, 0) is 11.2 Å². The normalized spacial score (nSPS) is 11.4. The first-order valence-corrected chi connectivity index (χ1v) is 6.48. The molecule has 0 aliphatic heterocycles. The van der Waals surface area contributed by atoms with Gasteiger partial charge in [-0.15, -0.1) is 0 Å². The number of hydrogen-bond donors (Lipinski definition) is 1. The molecule has 1 rings (SSSR count). The van der Waals surface area contributed by atoms with Crippen LogP contribution in [0.25, 0.3) is 0 Å². The van der Waals surface area contributed by atoms with Gasteiger partial charge in [-0.2, -0.15) is 0 Å². The summed E-state index contributed by atoms with van der Waals surface area (Å²) in [7, 11) is 1.79. The molecule has 0 saturated heterocycles. The summed E-state index contributed by atoms with van der Waals surface area (Å²) in [5, 5.41) is 0. The molecular formula is C15H24N2O. The average molecular weight is 248 g/mol. The zero-order valence-corrected chi connectivity index (χ0v) is 11.9. The molecule has 100 valence electrons. The van der Waals surface area contributed by atoms with Gasteiger partial charge in [0.05, 0.1) is 0 Å². The van der Waals surface area contributed by atoms with Gasteiger partial charge in [0.2, 0.25) is 5.91 Å². The molecule has 18 heavy (non-hydrogen) atoms. The van der Waals surface area contributed by atoms with Crippen molar-refractivity contribution in [3.63, 3.8) is 0 Å². The first-order valence-electron chi connectivity index (χ1n) is 6.48. The van der Waals surface area contributed by atoms with Crippen molar-refractivity contribution in [2.24, 2.45) is 5.73 Å². The summed E-state index contributed by atoms with van der Waals surface area (Å²) in [6.45, 7) is 5.89. The molecule has 1 aromatic carbocycles. The fourth-order valence-corrected chi connectivity index (χ4v) is 1.83. The van der Waals surface area contributed by atoms with E-state index in [2.05, 4.69) is 19.1 Å². The van der Waals surface area contributed by atoms with Crippen LogP contribution < -0.4 is 10.6 Å². The smallest absolute Gasteiger partial charge is 0.228 e. The van der Waals surface area contributed by atoms with Gasteiger partial charge in [-0.1, -0.05) is 25.5 Å².